The van der Waals surface area contributed by atoms with E-state index in [1.165, 1.54) is 16.9 Å². The van der Waals surface area contributed by atoms with Gasteiger partial charge in [0.25, 0.3) is 11.8 Å². The minimum Gasteiger partial charge on any atom is -0.489 e. The molecule has 4 aliphatic rings. The smallest absolute Gasteiger partial charge is 0.255 e. The van der Waals surface area contributed by atoms with Gasteiger partial charge in [-0.3, -0.25) is 29.2 Å². The molecule has 1 aromatic heterocycles. The summed E-state index contributed by atoms with van der Waals surface area (Å²) in [7, 11) is -1.28. The zero-order valence-corrected chi connectivity index (χ0v) is 26.7. The average molecular weight is 605 g/mol. The highest BCUT2D eigenvalue weighted by Gasteiger charge is 2.43. The number of hydrogen-bond donors (Lipinski definition) is 0. The number of aromatic nitrogens is 1. The molecule has 9 nitrogen and oxygen atoms in total. The van der Waals surface area contributed by atoms with Crippen LogP contribution in [0.3, 0.4) is 0 Å². The number of pyridine rings is 1. The predicted molar refractivity (Wildman–Crippen MR) is 165 cm³/mol. The van der Waals surface area contributed by atoms with Crippen molar-refractivity contribution in [2.75, 3.05) is 26.4 Å². The van der Waals surface area contributed by atoms with Gasteiger partial charge in [-0.25, -0.2) is 0 Å². The third kappa shape index (κ3) is 6.56. The molecular formula is C33H44N4O5Si. The van der Waals surface area contributed by atoms with E-state index in [1.54, 1.807) is 4.90 Å². The van der Waals surface area contributed by atoms with E-state index >= 15 is 0 Å². The molecule has 1 aromatic carbocycles. The number of ether oxygens (including phenoxy) is 2. The lowest BCUT2D eigenvalue weighted by atomic mass is 9.84. The van der Waals surface area contributed by atoms with Crippen LogP contribution in [-0.4, -0.2) is 90.1 Å². The van der Waals surface area contributed by atoms with Crippen LogP contribution in [0.5, 0.6) is 5.75 Å². The molecule has 10 heteroatoms. The molecule has 4 heterocycles. The summed E-state index contributed by atoms with van der Waals surface area (Å²) in [6.07, 6.45) is 8.93. The second kappa shape index (κ2) is 12.5. The number of likely N-dealkylation sites (tertiary alicyclic amines) is 2. The summed E-state index contributed by atoms with van der Waals surface area (Å²) in [5, 5.41) is 0. The van der Waals surface area contributed by atoms with Gasteiger partial charge < -0.3 is 14.4 Å². The van der Waals surface area contributed by atoms with Crippen molar-refractivity contribution in [2.45, 2.75) is 94.9 Å². The van der Waals surface area contributed by atoms with Gasteiger partial charge >= 0.3 is 0 Å². The second-order valence-corrected chi connectivity index (χ2v) is 19.4. The number of fused-ring (bicyclic) bond motifs is 1. The number of piperidine rings is 1. The normalized spacial score (nSPS) is 25.2. The van der Waals surface area contributed by atoms with Crippen molar-refractivity contribution in [2.24, 2.45) is 0 Å². The van der Waals surface area contributed by atoms with Crippen molar-refractivity contribution in [3.05, 3.63) is 59.4 Å². The Bertz CT molecular complexity index is 1340. The van der Waals surface area contributed by atoms with Crippen molar-refractivity contribution in [3.63, 3.8) is 0 Å². The van der Waals surface area contributed by atoms with E-state index in [9.17, 15) is 14.4 Å². The first-order chi connectivity index (χ1) is 20.7. The third-order valence-corrected chi connectivity index (χ3v) is 11.2. The second-order valence-electron chi connectivity index (χ2n) is 13.8. The number of imide groups is 1. The fraction of sp³-hybridized carbons (Fsp3) is 0.576. The van der Waals surface area contributed by atoms with Gasteiger partial charge in [-0.2, -0.15) is 0 Å². The van der Waals surface area contributed by atoms with Crippen LogP contribution in [0, 0.1) is 0 Å². The van der Waals surface area contributed by atoms with Crippen molar-refractivity contribution in [1.29, 1.82) is 0 Å². The van der Waals surface area contributed by atoms with Gasteiger partial charge in [0.2, 0.25) is 5.91 Å². The lowest BCUT2D eigenvalue weighted by molar-refractivity contribution is -0.158. The molecule has 2 aromatic rings. The Morgan fingerprint density at radius 2 is 1.74 bits per heavy atom. The van der Waals surface area contributed by atoms with E-state index < -0.39 is 14.1 Å². The van der Waals surface area contributed by atoms with Gasteiger partial charge in [0.05, 0.1) is 0 Å². The first-order valence-corrected chi connectivity index (χ1v) is 19.5. The molecule has 1 aliphatic carbocycles. The molecule has 6 rings (SSSR count). The molecule has 0 bridgehead atoms. The van der Waals surface area contributed by atoms with Crippen molar-refractivity contribution in [1.82, 2.24) is 19.7 Å². The van der Waals surface area contributed by atoms with E-state index in [2.05, 4.69) is 41.7 Å². The Balaban J connectivity index is 1.07. The first-order valence-electron chi connectivity index (χ1n) is 15.8. The number of nitrogens with zero attached hydrogens (tertiary/aromatic N) is 4. The molecule has 0 spiro atoms. The molecular weight excluding hydrogens is 560 g/mol. The Hall–Kier alpha value is -3.08. The molecule has 3 atom stereocenters. The minimum absolute atomic E-state index is 0.0471. The largest absolute Gasteiger partial charge is 0.489 e. The SMILES string of the molecule is C[Si](C)(C)CCOCN1C(=O)CCC(N2Cc3cc(O[C@H]4CCCCC4N4CC(c5ccncc5)C4)ccc3C2=O)C1=O. The number of amides is 3. The third-order valence-electron chi connectivity index (χ3n) is 9.50. The van der Waals surface area contributed by atoms with Crippen LogP contribution in [0.4, 0.5) is 0 Å². The Morgan fingerprint density at radius 3 is 2.51 bits per heavy atom. The Labute approximate surface area is 255 Å². The monoisotopic (exact) mass is 604 g/mol. The number of rotatable bonds is 10. The quantitative estimate of drug-likeness (QED) is 0.221. The average Bonchev–Trinajstić information content (AvgIpc) is 3.28. The van der Waals surface area contributed by atoms with Crippen molar-refractivity contribution in [3.8, 4) is 5.75 Å². The van der Waals surface area contributed by atoms with E-state index in [0.717, 1.165) is 49.7 Å². The molecule has 0 N–H and O–H groups in total. The minimum atomic E-state index is -1.28. The van der Waals surface area contributed by atoms with E-state index in [1.807, 2.05) is 30.6 Å². The summed E-state index contributed by atoms with van der Waals surface area (Å²) in [4.78, 5) is 48.9. The maximum Gasteiger partial charge on any atom is 0.255 e. The predicted octanol–water partition coefficient (Wildman–Crippen LogP) is 4.66. The summed E-state index contributed by atoms with van der Waals surface area (Å²) in [6.45, 7) is 9.69. The number of hydrogen-bond acceptors (Lipinski definition) is 7. The molecule has 3 aliphatic heterocycles. The van der Waals surface area contributed by atoms with E-state index in [4.69, 9.17) is 9.47 Å². The summed E-state index contributed by atoms with van der Waals surface area (Å²) in [6, 6.07) is 10.6. The van der Waals surface area contributed by atoms with Crippen LogP contribution in [0.15, 0.2) is 42.7 Å². The molecule has 2 unspecified atom stereocenters. The van der Waals surface area contributed by atoms with E-state index in [0.29, 0.717) is 37.1 Å². The van der Waals surface area contributed by atoms with Crippen LogP contribution >= 0.6 is 0 Å². The summed E-state index contributed by atoms with van der Waals surface area (Å²) in [5.41, 5.74) is 2.84. The van der Waals surface area contributed by atoms with Crippen LogP contribution in [0.25, 0.3) is 0 Å². The fourth-order valence-corrected chi connectivity index (χ4v) is 7.62. The highest BCUT2D eigenvalue weighted by molar-refractivity contribution is 6.76. The van der Waals surface area contributed by atoms with Crippen LogP contribution in [0.1, 0.15) is 65.9 Å². The van der Waals surface area contributed by atoms with Crippen molar-refractivity contribution < 1.29 is 23.9 Å². The number of benzene rings is 1. The molecule has 1 saturated carbocycles. The van der Waals surface area contributed by atoms with E-state index in [-0.39, 0.29) is 37.0 Å². The molecule has 0 radical (unpaired) electrons. The summed E-state index contributed by atoms with van der Waals surface area (Å²) < 4.78 is 12.4. The van der Waals surface area contributed by atoms with Gasteiger partial charge in [-0.1, -0.05) is 26.1 Å². The maximum atomic E-state index is 13.4. The van der Waals surface area contributed by atoms with Gasteiger partial charge in [0.1, 0.15) is 24.6 Å². The van der Waals surface area contributed by atoms with Crippen LogP contribution in [0.2, 0.25) is 25.7 Å². The summed E-state index contributed by atoms with van der Waals surface area (Å²) >= 11 is 0. The Morgan fingerprint density at radius 1 is 0.977 bits per heavy atom. The standard InChI is InChI=1S/C33H44N4O5Si/c1-43(2,3)17-16-41-22-37-31(38)11-10-29(33(37)40)36-21-24-18-26(8-9-27(24)32(36)39)42-30-7-5-4-6-28(30)35-19-25(20-35)23-12-14-34-15-13-23/h8-9,12-15,18,25,28-30H,4-7,10-11,16-17,19-22H2,1-3H3/t28?,29?,30-/m0/s1. The highest BCUT2D eigenvalue weighted by atomic mass is 28.3. The lowest BCUT2D eigenvalue weighted by Crippen LogP contribution is -2.57. The zero-order valence-electron chi connectivity index (χ0n) is 25.7. The van der Waals surface area contributed by atoms with Gasteiger partial charge in [0.15, 0.2) is 0 Å². The molecule has 230 valence electrons. The first kappa shape index (κ1) is 30.0. The molecule has 43 heavy (non-hydrogen) atoms. The van der Waals surface area contributed by atoms with Crippen LogP contribution < -0.4 is 4.74 Å². The van der Waals surface area contributed by atoms with Gasteiger partial charge in [-0.15, -0.1) is 0 Å². The highest BCUT2D eigenvalue weighted by Crippen LogP contribution is 2.37. The summed E-state index contributed by atoms with van der Waals surface area (Å²) in [5.74, 6) is 0.594. The van der Waals surface area contributed by atoms with Crippen molar-refractivity contribution >= 4 is 25.8 Å². The van der Waals surface area contributed by atoms with Crippen LogP contribution in [-0.2, 0) is 20.9 Å². The zero-order chi connectivity index (χ0) is 30.1. The topological polar surface area (TPSA) is 92.3 Å². The fourth-order valence-electron chi connectivity index (χ4n) is 6.86. The molecule has 3 amide bonds. The molecule has 3 fully saturated rings. The lowest BCUT2D eigenvalue weighted by Gasteiger charge is -2.48. The molecule has 2 saturated heterocycles. The maximum absolute atomic E-state index is 13.4. The van der Waals surface area contributed by atoms with Gasteiger partial charge in [0, 0.05) is 70.7 Å². The Kier molecular flexibility index (Phi) is 8.71. The number of carbonyl (C=O) groups is 3. The number of carbonyl (C=O) groups excluding carboxylic acids is 3. The van der Waals surface area contributed by atoms with Gasteiger partial charge in [-0.05, 0) is 73.2 Å².